The van der Waals surface area contributed by atoms with Crippen LogP contribution in [0.5, 0.6) is 0 Å². The summed E-state index contributed by atoms with van der Waals surface area (Å²) in [6.45, 7) is 0. The van der Waals surface area contributed by atoms with Crippen LogP contribution in [0.3, 0.4) is 0 Å². The Bertz CT molecular complexity index is 546. The number of rotatable bonds is 2. The lowest BCUT2D eigenvalue weighted by Crippen LogP contribution is -2.10. The first-order valence-electron chi connectivity index (χ1n) is 5.77. The van der Waals surface area contributed by atoms with Crippen molar-refractivity contribution < 1.29 is 4.52 Å². The molecule has 0 aliphatic heterocycles. The maximum absolute atomic E-state index is 6.20. The lowest BCUT2D eigenvalue weighted by molar-refractivity contribution is 0.369. The van der Waals surface area contributed by atoms with Crippen molar-refractivity contribution in [3.63, 3.8) is 0 Å². The molecule has 88 valence electrons. The fraction of sp³-hybridized carbons (Fsp3) is 0.308. The van der Waals surface area contributed by atoms with E-state index in [1.165, 1.54) is 6.42 Å². The Balaban J connectivity index is 2.13. The molecule has 1 aromatic carbocycles. The summed E-state index contributed by atoms with van der Waals surface area (Å²) < 4.78 is 5.13. The molecule has 1 aliphatic carbocycles. The van der Waals surface area contributed by atoms with Gasteiger partial charge >= 0.3 is 0 Å². The molecule has 3 rings (SSSR count). The third-order valence-corrected chi connectivity index (χ3v) is 3.71. The largest absolute Gasteiger partial charge is 0.367 e. The molecule has 0 spiro atoms. The summed E-state index contributed by atoms with van der Waals surface area (Å²) in [5.41, 5.74) is 8.62. The molecule has 0 bridgehead atoms. The molecule has 0 radical (unpaired) electrons. The number of nitrogens with two attached hydrogens (primary N) is 1. The molecule has 0 amide bonds. The second-order valence-electron chi connectivity index (χ2n) is 4.41. The van der Waals surface area contributed by atoms with E-state index in [0.717, 1.165) is 29.7 Å². The number of nitrogens with zero attached hydrogens (tertiary/aromatic N) is 1. The fourth-order valence-corrected chi connectivity index (χ4v) is 2.44. The molecule has 1 fully saturated rings. The molecule has 1 aromatic heterocycles. The van der Waals surface area contributed by atoms with Gasteiger partial charge < -0.3 is 10.3 Å². The van der Waals surface area contributed by atoms with Gasteiger partial charge in [-0.15, -0.1) is 0 Å². The summed E-state index contributed by atoms with van der Waals surface area (Å²) in [6, 6.07) is 7.65. The first kappa shape index (κ1) is 10.7. The van der Waals surface area contributed by atoms with E-state index in [4.69, 9.17) is 21.9 Å². The summed E-state index contributed by atoms with van der Waals surface area (Å²) >= 11 is 6.20. The van der Waals surface area contributed by atoms with Crippen LogP contribution in [0.25, 0.3) is 11.1 Å². The number of benzene rings is 1. The SMILES string of the molecule is Nc1onc(C2CCC2)c1-c1ccccc1Cl. The van der Waals surface area contributed by atoms with E-state index < -0.39 is 0 Å². The van der Waals surface area contributed by atoms with Crippen molar-refractivity contribution in [1.82, 2.24) is 5.16 Å². The van der Waals surface area contributed by atoms with E-state index in [1.54, 1.807) is 0 Å². The summed E-state index contributed by atoms with van der Waals surface area (Å²) in [5.74, 6) is 0.835. The van der Waals surface area contributed by atoms with Crippen LogP contribution in [0.4, 0.5) is 5.88 Å². The van der Waals surface area contributed by atoms with Gasteiger partial charge in [-0.3, -0.25) is 0 Å². The molecule has 4 heteroatoms. The van der Waals surface area contributed by atoms with Crippen molar-refractivity contribution >= 4 is 17.5 Å². The average molecular weight is 249 g/mol. The molecular weight excluding hydrogens is 236 g/mol. The van der Waals surface area contributed by atoms with Crippen LogP contribution in [-0.4, -0.2) is 5.16 Å². The van der Waals surface area contributed by atoms with Crippen molar-refractivity contribution in [3.05, 3.63) is 35.0 Å². The Morgan fingerprint density at radius 1 is 1.29 bits per heavy atom. The number of anilines is 1. The van der Waals surface area contributed by atoms with Crippen LogP contribution in [0.1, 0.15) is 30.9 Å². The van der Waals surface area contributed by atoms with E-state index in [9.17, 15) is 0 Å². The van der Waals surface area contributed by atoms with Crippen LogP contribution >= 0.6 is 11.6 Å². The summed E-state index contributed by atoms with van der Waals surface area (Å²) in [7, 11) is 0. The summed E-state index contributed by atoms with van der Waals surface area (Å²) in [4.78, 5) is 0. The maximum atomic E-state index is 6.20. The molecular formula is C13H13ClN2O. The van der Waals surface area contributed by atoms with Gasteiger partial charge in [0.05, 0.1) is 11.3 Å². The predicted molar refractivity (Wildman–Crippen MR) is 68.0 cm³/mol. The second-order valence-corrected chi connectivity index (χ2v) is 4.82. The van der Waals surface area contributed by atoms with Gasteiger partial charge in [0.1, 0.15) is 0 Å². The molecule has 0 atom stereocenters. The first-order valence-corrected chi connectivity index (χ1v) is 6.15. The molecule has 2 aromatic rings. The number of hydrogen-bond acceptors (Lipinski definition) is 3. The second kappa shape index (κ2) is 4.08. The van der Waals surface area contributed by atoms with Gasteiger partial charge in [0.2, 0.25) is 5.88 Å². The zero-order chi connectivity index (χ0) is 11.8. The van der Waals surface area contributed by atoms with Gasteiger partial charge in [0, 0.05) is 16.5 Å². The smallest absolute Gasteiger partial charge is 0.230 e. The standard InChI is InChI=1S/C13H13ClN2O/c14-10-7-2-1-6-9(10)11-12(8-4-3-5-8)16-17-13(11)15/h1-2,6-8H,3-5,15H2. The van der Waals surface area contributed by atoms with Crippen LogP contribution in [0.2, 0.25) is 5.02 Å². The molecule has 1 aliphatic rings. The minimum atomic E-state index is 0.361. The Morgan fingerprint density at radius 2 is 2.06 bits per heavy atom. The molecule has 3 nitrogen and oxygen atoms in total. The lowest BCUT2D eigenvalue weighted by Gasteiger charge is -2.24. The quantitative estimate of drug-likeness (QED) is 0.878. The Morgan fingerprint density at radius 3 is 2.71 bits per heavy atom. The third-order valence-electron chi connectivity index (χ3n) is 3.38. The summed E-state index contributed by atoms with van der Waals surface area (Å²) in [5, 5.41) is 4.78. The zero-order valence-corrected chi connectivity index (χ0v) is 10.1. The molecule has 17 heavy (non-hydrogen) atoms. The first-order chi connectivity index (χ1) is 8.27. The number of aromatic nitrogens is 1. The molecule has 1 heterocycles. The monoisotopic (exact) mass is 248 g/mol. The summed E-state index contributed by atoms with van der Waals surface area (Å²) in [6.07, 6.45) is 3.56. The van der Waals surface area contributed by atoms with E-state index in [-0.39, 0.29) is 0 Å². The van der Waals surface area contributed by atoms with Crippen LogP contribution < -0.4 is 5.73 Å². The van der Waals surface area contributed by atoms with Crippen molar-refractivity contribution in [3.8, 4) is 11.1 Å². The maximum Gasteiger partial charge on any atom is 0.230 e. The molecule has 0 saturated heterocycles. The molecule has 1 saturated carbocycles. The zero-order valence-electron chi connectivity index (χ0n) is 9.32. The fourth-order valence-electron chi connectivity index (χ4n) is 2.21. The van der Waals surface area contributed by atoms with Gasteiger partial charge in [-0.25, -0.2) is 0 Å². The number of hydrogen-bond donors (Lipinski definition) is 1. The van der Waals surface area contributed by atoms with Crippen LogP contribution in [0.15, 0.2) is 28.8 Å². The van der Waals surface area contributed by atoms with Crippen molar-refractivity contribution in [2.45, 2.75) is 25.2 Å². The average Bonchev–Trinajstić information content (AvgIpc) is 2.59. The third kappa shape index (κ3) is 1.71. The molecule has 2 N–H and O–H groups in total. The minimum absolute atomic E-state index is 0.361. The number of halogens is 1. The topological polar surface area (TPSA) is 52.0 Å². The predicted octanol–water partition coefficient (Wildman–Crippen LogP) is 3.84. The van der Waals surface area contributed by atoms with Crippen molar-refractivity contribution in [2.24, 2.45) is 0 Å². The minimum Gasteiger partial charge on any atom is -0.367 e. The highest BCUT2D eigenvalue weighted by Gasteiger charge is 2.28. The van der Waals surface area contributed by atoms with Gasteiger partial charge in [0.25, 0.3) is 0 Å². The van der Waals surface area contributed by atoms with Gasteiger partial charge in [-0.2, -0.15) is 0 Å². The van der Waals surface area contributed by atoms with Crippen molar-refractivity contribution in [1.29, 1.82) is 0 Å². The van der Waals surface area contributed by atoms with Crippen LogP contribution in [-0.2, 0) is 0 Å². The highest BCUT2D eigenvalue weighted by atomic mass is 35.5. The Hall–Kier alpha value is -1.48. The Kier molecular flexibility index (Phi) is 2.56. The van der Waals surface area contributed by atoms with Gasteiger partial charge in [-0.05, 0) is 18.9 Å². The Labute approximate surface area is 105 Å². The van der Waals surface area contributed by atoms with E-state index in [0.29, 0.717) is 16.8 Å². The van der Waals surface area contributed by atoms with E-state index in [2.05, 4.69) is 5.16 Å². The van der Waals surface area contributed by atoms with Gasteiger partial charge in [0.15, 0.2) is 0 Å². The number of nitrogen functional groups attached to an aromatic ring is 1. The van der Waals surface area contributed by atoms with Crippen molar-refractivity contribution in [2.75, 3.05) is 5.73 Å². The van der Waals surface area contributed by atoms with Crippen LogP contribution in [0, 0.1) is 0 Å². The van der Waals surface area contributed by atoms with Gasteiger partial charge in [-0.1, -0.05) is 41.4 Å². The van der Waals surface area contributed by atoms with E-state index in [1.807, 2.05) is 24.3 Å². The van der Waals surface area contributed by atoms with E-state index >= 15 is 0 Å². The highest BCUT2D eigenvalue weighted by molar-refractivity contribution is 6.33. The lowest BCUT2D eigenvalue weighted by atomic mass is 9.80. The normalized spacial score (nSPS) is 15.8. The molecule has 0 unspecified atom stereocenters. The highest BCUT2D eigenvalue weighted by Crippen LogP contribution is 2.44.